The van der Waals surface area contributed by atoms with Gasteiger partial charge in [0.2, 0.25) is 0 Å². The summed E-state index contributed by atoms with van der Waals surface area (Å²) in [7, 11) is 1.66. The van der Waals surface area contributed by atoms with E-state index < -0.39 is 0 Å². The number of aryl methyl sites for hydroxylation is 1. The van der Waals surface area contributed by atoms with Crippen molar-refractivity contribution in [3.8, 4) is 5.75 Å². The maximum Gasteiger partial charge on any atom is 0.142 e. The van der Waals surface area contributed by atoms with E-state index in [0.717, 1.165) is 28.1 Å². The molecule has 0 radical (unpaired) electrons. The van der Waals surface area contributed by atoms with Crippen LogP contribution in [0.5, 0.6) is 5.75 Å². The molecule has 2 N–H and O–H groups in total. The Bertz CT molecular complexity index is 628. The summed E-state index contributed by atoms with van der Waals surface area (Å²) in [6.45, 7) is 5.26. The van der Waals surface area contributed by atoms with E-state index in [0.29, 0.717) is 13.2 Å². The van der Waals surface area contributed by atoms with E-state index in [1.807, 2.05) is 37.3 Å². The number of aliphatic hydroxyl groups is 1. The molecule has 0 amide bonds. The molecule has 0 saturated heterocycles. The molecule has 0 aliphatic carbocycles. The van der Waals surface area contributed by atoms with E-state index in [2.05, 4.69) is 24.4 Å². The fourth-order valence-electron chi connectivity index (χ4n) is 2.38. The summed E-state index contributed by atoms with van der Waals surface area (Å²) in [4.78, 5) is 0. The average molecular weight is 315 g/mol. The number of anilines is 1. The third kappa shape index (κ3) is 4.98. The van der Waals surface area contributed by atoms with Crippen LogP contribution < -0.4 is 10.1 Å². The Morgan fingerprint density at radius 1 is 1.13 bits per heavy atom. The topological polar surface area (TPSA) is 50.7 Å². The van der Waals surface area contributed by atoms with Crippen molar-refractivity contribution >= 4 is 5.69 Å². The number of ether oxygens (including phenoxy) is 2. The van der Waals surface area contributed by atoms with Crippen molar-refractivity contribution in [2.24, 2.45) is 0 Å². The highest BCUT2D eigenvalue weighted by Gasteiger charge is 2.10. The monoisotopic (exact) mass is 315 g/mol. The Hall–Kier alpha value is -2.04. The Balaban J connectivity index is 2.14. The lowest BCUT2D eigenvalue weighted by atomic mass is 10.0. The maximum atomic E-state index is 9.28. The molecule has 124 valence electrons. The lowest BCUT2D eigenvalue weighted by molar-refractivity contribution is 0.146. The molecule has 0 aromatic heterocycles. The normalized spacial score (nSPS) is 12.0. The van der Waals surface area contributed by atoms with E-state index in [4.69, 9.17) is 9.47 Å². The van der Waals surface area contributed by atoms with Crippen molar-refractivity contribution < 1.29 is 14.6 Å². The van der Waals surface area contributed by atoms with Crippen LogP contribution in [-0.2, 0) is 11.3 Å². The van der Waals surface area contributed by atoms with Gasteiger partial charge < -0.3 is 19.9 Å². The van der Waals surface area contributed by atoms with E-state index in [1.54, 1.807) is 7.11 Å². The van der Waals surface area contributed by atoms with Crippen LogP contribution in [-0.4, -0.2) is 25.4 Å². The predicted molar refractivity (Wildman–Crippen MR) is 93.0 cm³/mol. The highest BCUT2D eigenvalue weighted by Crippen LogP contribution is 2.29. The van der Waals surface area contributed by atoms with Crippen LogP contribution in [0.3, 0.4) is 0 Å². The first kappa shape index (κ1) is 17.3. The van der Waals surface area contributed by atoms with Gasteiger partial charge in [0.1, 0.15) is 12.4 Å². The van der Waals surface area contributed by atoms with Gasteiger partial charge in [0.15, 0.2) is 0 Å². The van der Waals surface area contributed by atoms with Gasteiger partial charge >= 0.3 is 0 Å². The van der Waals surface area contributed by atoms with Crippen LogP contribution in [0.2, 0.25) is 0 Å². The Morgan fingerprint density at radius 2 is 1.96 bits per heavy atom. The van der Waals surface area contributed by atoms with Gasteiger partial charge in [-0.05, 0) is 42.7 Å². The molecule has 4 nitrogen and oxygen atoms in total. The zero-order valence-electron chi connectivity index (χ0n) is 14.0. The number of nitrogens with one attached hydrogen (secondary N) is 1. The predicted octanol–water partition coefficient (Wildman–Crippen LogP) is 3.69. The quantitative estimate of drug-likeness (QED) is 0.730. The van der Waals surface area contributed by atoms with Gasteiger partial charge in [-0.3, -0.25) is 0 Å². The Morgan fingerprint density at radius 3 is 2.70 bits per heavy atom. The Labute approximate surface area is 138 Å². The first-order valence-corrected chi connectivity index (χ1v) is 7.82. The molecule has 0 aliphatic rings. The molecule has 0 spiro atoms. The van der Waals surface area contributed by atoms with Crippen molar-refractivity contribution in [3.05, 3.63) is 59.2 Å². The smallest absolute Gasteiger partial charge is 0.142 e. The highest BCUT2D eigenvalue weighted by molar-refractivity contribution is 5.58. The average Bonchev–Trinajstić information content (AvgIpc) is 2.57. The minimum atomic E-state index is 0.0521. The van der Waals surface area contributed by atoms with Crippen molar-refractivity contribution in [2.45, 2.75) is 26.5 Å². The molecular weight excluding hydrogens is 290 g/mol. The molecule has 0 fully saturated rings. The summed E-state index contributed by atoms with van der Waals surface area (Å²) in [5.41, 5.74) is 4.14. The molecule has 23 heavy (non-hydrogen) atoms. The molecule has 2 aromatic rings. The highest BCUT2D eigenvalue weighted by atomic mass is 16.5. The van der Waals surface area contributed by atoms with E-state index >= 15 is 0 Å². The Kier molecular flexibility index (Phi) is 6.44. The minimum absolute atomic E-state index is 0.0521. The first-order valence-electron chi connectivity index (χ1n) is 7.82. The van der Waals surface area contributed by atoms with Gasteiger partial charge in [0.25, 0.3) is 0 Å². The van der Waals surface area contributed by atoms with Crippen LogP contribution in [0.4, 0.5) is 5.69 Å². The van der Waals surface area contributed by atoms with Crippen LogP contribution in [0.15, 0.2) is 42.5 Å². The van der Waals surface area contributed by atoms with Crippen LogP contribution >= 0.6 is 0 Å². The summed E-state index contributed by atoms with van der Waals surface area (Å²) in [5, 5.41) is 12.8. The standard InChI is InChI=1S/C19H25NO3/c1-14-7-8-18(19(11-14)23-10-9-22-3)20-15(2)17-6-4-5-16(12-17)13-21/h4-8,11-12,15,20-21H,9-10,13H2,1-3H3. The van der Waals surface area contributed by atoms with E-state index in [9.17, 15) is 5.11 Å². The molecule has 0 heterocycles. The van der Waals surface area contributed by atoms with Gasteiger partial charge in [-0.25, -0.2) is 0 Å². The number of hydrogen-bond donors (Lipinski definition) is 2. The number of hydrogen-bond acceptors (Lipinski definition) is 4. The summed E-state index contributed by atoms with van der Waals surface area (Å²) >= 11 is 0. The number of benzene rings is 2. The second-order valence-electron chi connectivity index (χ2n) is 5.61. The van der Waals surface area contributed by atoms with Crippen molar-refractivity contribution in [2.75, 3.05) is 25.6 Å². The SMILES string of the molecule is COCCOc1cc(C)ccc1NC(C)c1cccc(CO)c1. The fraction of sp³-hybridized carbons (Fsp3) is 0.368. The molecule has 0 aliphatic heterocycles. The zero-order valence-corrected chi connectivity index (χ0v) is 14.0. The number of rotatable bonds is 8. The third-order valence-electron chi connectivity index (χ3n) is 3.69. The molecule has 1 unspecified atom stereocenters. The fourth-order valence-corrected chi connectivity index (χ4v) is 2.38. The van der Waals surface area contributed by atoms with Gasteiger partial charge in [0, 0.05) is 13.2 Å². The second kappa shape index (κ2) is 8.56. The number of aliphatic hydroxyl groups excluding tert-OH is 1. The molecule has 2 aromatic carbocycles. The van der Waals surface area contributed by atoms with Crippen LogP contribution in [0, 0.1) is 6.92 Å². The van der Waals surface area contributed by atoms with Crippen molar-refractivity contribution in [1.29, 1.82) is 0 Å². The molecule has 0 saturated carbocycles. The first-order chi connectivity index (χ1) is 11.1. The molecule has 0 bridgehead atoms. The third-order valence-corrected chi connectivity index (χ3v) is 3.69. The molecule has 4 heteroatoms. The van der Waals surface area contributed by atoms with Crippen LogP contribution in [0.25, 0.3) is 0 Å². The lowest BCUT2D eigenvalue weighted by Gasteiger charge is -2.19. The summed E-state index contributed by atoms with van der Waals surface area (Å²) in [5.74, 6) is 0.826. The lowest BCUT2D eigenvalue weighted by Crippen LogP contribution is -2.10. The van der Waals surface area contributed by atoms with Gasteiger partial charge in [-0.2, -0.15) is 0 Å². The van der Waals surface area contributed by atoms with Crippen molar-refractivity contribution in [1.82, 2.24) is 0 Å². The van der Waals surface area contributed by atoms with Crippen LogP contribution in [0.1, 0.15) is 29.7 Å². The second-order valence-corrected chi connectivity index (χ2v) is 5.61. The largest absolute Gasteiger partial charge is 0.489 e. The maximum absolute atomic E-state index is 9.28. The van der Waals surface area contributed by atoms with Gasteiger partial charge in [-0.15, -0.1) is 0 Å². The summed E-state index contributed by atoms with van der Waals surface area (Å²) in [6, 6.07) is 14.2. The van der Waals surface area contributed by atoms with Gasteiger partial charge in [0.05, 0.1) is 18.9 Å². The number of methoxy groups -OCH3 is 1. The van der Waals surface area contributed by atoms with E-state index in [-0.39, 0.29) is 12.6 Å². The molecule has 2 rings (SSSR count). The summed E-state index contributed by atoms with van der Waals surface area (Å²) in [6.07, 6.45) is 0. The van der Waals surface area contributed by atoms with E-state index in [1.165, 1.54) is 0 Å². The summed E-state index contributed by atoms with van der Waals surface area (Å²) < 4.78 is 10.9. The molecule has 1 atom stereocenters. The van der Waals surface area contributed by atoms with Gasteiger partial charge in [-0.1, -0.05) is 30.3 Å². The van der Waals surface area contributed by atoms with Crippen molar-refractivity contribution in [3.63, 3.8) is 0 Å². The minimum Gasteiger partial charge on any atom is -0.489 e. The molecular formula is C19H25NO3. The zero-order chi connectivity index (χ0) is 16.7.